The number of nitrogens with one attached hydrogen (secondary N) is 2. The van der Waals surface area contributed by atoms with Crippen LogP contribution in [-0.4, -0.2) is 39.5 Å². The molecule has 3 rings (SSSR count). The average molecular weight is 438 g/mol. The molecule has 0 aliphatic carbocycles. The van der Waals surface area contributed by atoms with Gasteiger partial charge in [-0.25, -0.2) is 8.42 Å². The maximum Gasteiger partial charge on any atom is 0.263 e. The Bertz CT molecular complexity index is 878. The second-order valence-corrected chi connectivity index (χ2v) is 9.29. The SMILES string of the molecule is Cc1ccc(NS(=O)(=O)c2ccccc2Br)cc1NC1CCN(C)CC1. The molecule has 0 amide bonds. The van der Waals surface area contributed by atoms with Crippen LogP contribution in [0.25, 0.3) is 0 Å². The molecule has 2 N–H and O–H groups in total. The van der Waals surface area contributed by atoms with Gasteiger partial charge in [-0.2, -0.15) is 0 Å². The van der Waals surface area contributed by atoms with Crippen LogP contribution in [-0.2, 0) is 10.0 Å². The molecule has 1 aliphatic rings. The lowest BCUT2D eigenvalue weighted by molar-refractivity contribution is 0.264. The highest BCUT2D eigenvalue weighted by molar-refractivity contribution is 9.10. The van der Waals surface area contributed by atoms with Crippen molar-refractivity contribution < 1.29 is 8.42 Å². The summed E-state index contributed by atoms with van der Waals surface area (Å²) in [5, 5.41) is 3.58. The average Bonchev–Trinajstić information content (AvgIpc) is 2.60. The molecule has 2 aromatic rings. The summed E-state index contributed by atoms with van der Waals surface area (Å²) in [6, 6.07) is 12.8. The Kier molecular flexibility index (Phi) is 5.89. The first-order valence-corrected chi connectivity index (χ1v) is 11.0. The van der Waals surface area contributed by atoms with E-state index in [1.54, 1.807) is 30.3 Å². The van der Waals surface area contributed by atoms with Gasteiger partial charge >= 0.3 is 0 Å². The summed E-state index contributed by atoms with van der Waals surface area (Å²) >= 11 is 3.31. The maximum atomic E-state index is 12.7. The van der Waals surface area contributed by atoms with E-state index in [0.717, 1.165) is 37.2 Å². The number of hydrogen-bond acceptors (Lipinski definition) is 4. The number of anilines is 2. The molecule has 0 atom stereocenters. The topological polar surface area (TPSA) is 61.4 Å². The van der Waals surface area contributed by atoms with Crippen LogP contribution in [0.1, 0.15) is 18.4 Å². The number of rotatable bonds is 5. The van der Waals surface area contributed by atoms with E-state index in [9.17, 15) is 8.42 Å². The van der Waals surface area contributed by atoms with Crippen LogP contribution in [0.2, 0.25) is 0 Å². The zero-order valence-electron chi connectivity index (χ0n) is 15.0. The molecule has 0 saturated carbocycles. The van der Waals surface area contributed by atoms with E-state index in [2.05, 4.69) is 37.9 Å². The summed E-state index contributed by atoms with van der Waals surface area (Å²) in [4.78, 5) is 2.55. The van der Waals surface area contributed by atoms with E-state index in [1.807, 2.05) is 19.1 Å². The molecule has 0 bridgehead atoms. The molecule has 2 aromatic carbocycles. The quantitative estimate of drug-likeness (QED) is 0.739. The smallest absolute Gasteiger partial charge is 0.263 e. The second kappa shape index (κ2) is 7.98. The molecule has 0 unspecified atom stereocenters. The molecule has 140 valence electrons. The van der Waals surface area contributed by atoms with Crippen molar-refractivity contribution in [2.75, 3.05) is 30.2 Å². The van der Waals surface area contributed by atoms with Gasteiger partial charge in [0.2, 0.25) is 0 Å². The third kappa shape index (κ3) is 4.58. The van der Waals surface area contributed by atoms with Crippen molar-refractivity contribution in [3.8, 4) is 0 Å². The second-order valence-electron chi connectivity index (χ2n) is 6.79. The Balaban J connectivity index is 1.78. The molecule has 26 heavy (non-hydrogen) atoms. The summed E-state index contributed by atoms with van der Waals surface area (Å²) in [5.74, 6) is 0. The third-order valence-electron chi connectivity index (χ3n) is 4.69. The minimum Gasteiger partial charge on any atom is -0.382 e. The largest absolute Gasteiger partial charge is 0.382 e. The molecular formula is C19H24BrN3O2S. The van der Waals surface area contributed by atoms with Crippen molar-refractivity contribution in [1.82, 2.24) is 4.90 Å². The van der Waals surface area contributed by atoms with Crippen LogP contribution in [0.4, 0.5) is 11.4 Å². The molecule has 1 saturated heterocycles. The van der Waals surface area contributed by atoms with Gasteiger partial charge in [0.25, 0.3) is 10.0 Å². The fourth-order valence-corrected chi connectivity index (χ4v) is 5.14. The van der Waals surface area contributed by atoms with E-state index < -0.39 is 10.0 Å². The minimum atomic E-state index is -3.65. The first-order valence-electron chi connectivity index (χ1n) is 8.68. The molecule has 0 aromatic heterocycles. The lowest BCUT2D eigenvalue weighted by Crippen LogP contribution is -2.36. The highest BCUT2D eigenvalue weighted by Gasteiger charge is 2.19. The summed E-state index contributed by atoms with van der Waals surface area (Å²) < 4.78 is 28.6. The van der Waals surface area contributed by atoms with Crippen LogP contribution in [0, 0.1) is 6.92 Å². The molecule has 0 spiro atoms. The fourth-order valence-electron chi connectivity index (χ4n) is 3.09. The van der Waals surface area contributed by atoms with E-state index >= 15 is 0 Å². The number of hydrogen-bond donors (Lipinski definition) is 2. The number of piperidine rings is 1. The standard InChI is InChI=1S/C19H24BrN3O2S/c1-14-7-8-16(13-18(14)21-15-9-11-23(2)12-10-15)22-26(24,25)19-6-4-3-5-17(19)20/h3-8,13,15,21-22H,9-12H2,1-2H3. The first kappa shape index (κ1) is 19.2. The maximum absolute atomic E-state index is 12.7. The summed E-state index contributed by atoms with van der Waals surface area (Å²) in [6.07, 6.45) is 2.17. The van der Waals surface area contributed by atoms with E-state index in [1.165, 1.54) is 0 Å². The van der Waals surface area contributed by atoms with Gasteiger partial charge in [-0.05, 0) is 85.7 Å². The van der Waals surface area contributed by atoms with Crippen LogP contribution >= 0.6 is 15.9 Å². The van der Waals surface area contributed by atoms with Crippen molar-refractivity contribution in [3.05, 3.63) is 52.5 Å². The van der Waals surface area contributed by atoms with Crippen molar-refractivity contribution >= 4 is 37.3 Å². The van der Waals surface area contributed by atoms with Crippen molar-refractivity contribution in [1.29, 1.82) is 0 Å². The highest BCUT2D eigenvalue weighted by Crippen LogP contribution is 2.27. The predicted molar refractivity (Wildman–Crippen MR) is 110 cm³/mol. The summed E-state index contributed by atoms with van der Waals surface area (Å²) in [7, 11) is -1.51. The number of aryl methyl sites for hydroxylation is 1. The van der Waals surface area contributed by atoms with Gasteiger partial charge < -0.3 is 10.2 Å². The van der Waals surface area contributed by atoms with Gasteiger partial charge in [-0.3, -0.25) is 4.72 Å². The normalized spacial score (nSPS) is 16.4. The lowest BCUT2D eigenvalue weighted by atomic mass is 10.0. The number of likely N-dealkylation sites (tertiary alicyclic amines) is 1. The molecule has 5 nitrogen and oxygen atoms in total. The van der Waals surface area contributed by atoms with Gasteiger partial charge in [0, 0.05) is 16.2 Å². The van der Waals surface area contributed by atoms with Crippen molar-refractivity contribution in [2.24, 2.45) is 0 Å². The third-order valence-corrected chi connectivity index (χ3v) is 7.09. The fraction of sp³-hybridized carbons (Fsp3) is 0.368. The van der Waals surface area contributed by atoms with E-state index in [-0.39, 0.29) is 4.90 Å². The number of sulfonamides is 1. The van der Waals surface area contributed by atoms with Crippen molar-refractivity contribution in [3.63, 3.8) is 0 Å². The van der Waals surface area contributed by atoms with Gasteiger partial charge in [0.15, 0.2) is 0 Å². The summed E-state index contributed by atoms with van der Waals surface area (Å²) in [5.41, 5.74) is 2.64. The van der Waals surface area contributed by atoms with Crippen LogP contribution < -0.4 is 10.0 Å². The van der Waals surface area contributed by atoms with E-state index in [4.69, 9.17) is 0 Å². The molecule has 7 heteroatoms. The highest BCUT2D eigenvalue weighted by atomic mass is 79.9. The Morgan fingerprint density at radius 2 is 1.81 bits per heavy atom. The summed E-state index contributed by atoms with van der Waals surface area (Å²) in [6.45, 7) is 4.18. The number of nitrogens with zero attached hydrogens (tertiary/aromatic N) is 1. The van der Waals surface area contributed by atoms with Gasteiger partial charge in [-0.1, -0.05) is 18.2 Å². The number of halogens is 1. The Labute approximate surface area is 164 Å². The molecular weight excluding hydrogens is 414 g/mol. The van der Waals surface area contributed by atoms with Crippen LogP contribution in [0.3, 0.4) is 0 Å². The molecule has 1 aliphatic heterocycles. The van der Waals surface area contributed by atoms with Gasteiger partial charge in [0.05, 0.1) is 5.69 Å². The minimum absolute atomic E-state index is 0.227. The Hall–Kier alpha value is -1.57. The Morgan fingerprint density at radius 3 is 2.50 bits per heavy atom. The van der Waals surface area contributed by atoms with Gasteiger partial charge in [-0.15, -0.1) is 0 Å². The van der Waals surface area contributed by atoms with Gasteiger partial charge in [0.1, 0.15) is 4.90 Å². The van der Waals surface area contributed by atoms with E-state index in [0.29, 0.717) is 16.2 Å². The molecule has 1 heterocycles. The van der Waals surface area contributed by atoms with Crippen molar-refractivity contribution in [2.45, 2.75) is 30.7 Å². The first-order chi connectivity index (χ1) is 12.3. The monoisotopic (exact) mass is 437 g/mol. The Morgan fingerprint density at radius 1 is 1.12 bits per heavy atom. The predicted octanol–water partition coefficient (Wildman–Crippen LogP) is 4.06. The zero-order valence-corrected chi connectivity index (χ0v) is 17.4. The molecule has 0 radical (unpaired) electrons. The molecule has 1 fully saturated rings. The van der Waals surface area contributed by atoms with Crippen LogP contribution in [0.15, 0.2) is 51.8 Å². The van der Waals surface area contributed by atoms with Crippen LogP contribution in [0.5, 0.6) is 0 Å². The zero-order chi connectivity index (χ0) is 18.7. The lowest BCUT2D eigenvalue weighted by Gasteiger charge is -2.30. The number of benzene rings is 2.